The average Bonchev–Trinajstić information content (AvgIpc) is 3.35. The third-order valence-electron chi connectivity index (χ3n) is 5.29. The quantitative estimate of drug-likeness (QED) is 0.230. The van der Waals surface area contributed by atoms with Gasteiger partial charge in [-0.1, -0.05) is 30.3 Å². The third-order valence-corrected chi connectivity index (χ3v) is 5.59. The van der Waals surface area contributed by atoms with E-state index in [4.69, 9.17) is 21.4 Å². The van der Waals surface area contributed by atoms with Gasteiger partial charge in [-0.25, -0.2) is 0 Å². The molecule has 1 fully saturated rings. The van der Waals surface area contributed by atoms with Crippen molar-refractivity contribution in [3.63, 3.8) is 0 Å². The zero-order valence-corrected chi connectivity index (χ0v) is 18.8. The molecule has 168 valence electrons. The lowest BCUT2D eigenvalue weighted by Crippen LogP contribution is -2.33. The minimum absolute atomic E-state index is 0.0385. The number of nitro groups is 1. The molecule has 1 aromatic heterocycles. The van der Waals surface area contributed by atoms with E-state index >= 15 is 0 Å². The molecule has 4 rings (SSSR count). The highest BCUT2D eigenvalue weighted by molar-refractivity contribution is 7.80. The van der Waals surface area contributed by atoms with Gasteiger partial charge in [0.15, 0.2) is 5.11 Å². The molecular weight excluding hydrogens is 442 g/mol. The number of aryl methyl sites for hydroxylation is 1. The Hall–Kier alpha value is -3.98. The molecule has 1 unspecified atom stereocenters. The molecule has 2 aromatic carbocycles. The molecule has 0 radical (unpaired) electrons. The normalized spacial score (nSPS) is 15.6. The number of amides is 1. The van der Waals surface area contributed by atoms with E-state index in [0.717, 1.165) is 5.56 Å². The Kier molecular flexibility index (Phi) is 6.23. The number of nitrogens with one attached hydrogen (secondary N) is 1. The number of furan rings is 1. The molecule has 33 heavy (non-hydrogen) atoms. The molecule has 1 amide bonds. The van der Waals surface area contributed by atoms with Gasteiger partial charge in [0.25, 0.3) is 11.6 Å². The van der Waals surface area contributed by atoms with E-state index in [1.54, 1.807) is 42.2 Å². The van der Waals surface area contributed by atoms with Crippen LogP contribution in [0.4, 0.5) is 5.69 Å². The van der Waals surface area contributed by atoms with Crippen molar-refractivity contribution >= 4 is 35.0 Å². The number of benzene rings is 2. The molecule has 1 aliphatic rings. The number of hydrogen-bond acceptors (Lipinski definition) is 6. The summed E-state index contributed by atoms with van der Waals surface area (Å²) in [7, 11) is 0. The third kappa shape index (κ3) is 4.78. The standard InChI is InChI=1S/C24H21N3O5S/c1-15-12-18(10-11-22(15)27(29)30)31-14-20-9-8-19(32-20)13-21-23(28)26(24(33)25-21)16(2)17-6-4-3-5-7-17/h3-13,16H,14H2,1-2H3,(H,25,33)/b21-13-. The van der Waals surface area contributed by atoms with Crippen LogP contribution in [-0.2, 0) is 11.4 Å². The average molecular weight is 464 g/mol. The first kappa shape index (κ1) is 22.2. The van der Waals surface area contributed by atoms with Crippen LogP contribution in [0.1, 0.15) is 35.6 Å². The predicted octanol–water partition coefficient (Wildman–Crippen LogP) is 4.89. The van der Waals surface area contributed by atoms with Gasteiger partial charge >= 0.3 is 0 Å². The lowest BCUT2D eigenvalue weighted by molar-refractivity contribution is -0.385. The van der Waals surface area contributed by atoms with Crippen molar-refractivity contribution in [2.45, 2.75) is 26.5 Å². The van der Waals surface area contributed by atoms with Gasteiger partial charge in [-0.2, -0.15) is 0 Å². The SMILES string of the molecule is Cc1cc(OCc2ccc(/C=C3\NC(=S)N(C(C)c4ccccc4)C3=O)o2)ccc1[N+](=O)[O-]. The molecule has 8 nitrogen and oxygen atoms in total. The first-order valence-corrected chi connectivity index (χ1v) is 10.6. The molecule has 1 aliphatic heterocycles. The maximum atomic E-state index is 13.0. The maximum absolute atomic E-state index is 13.0. The second kappa shape index (κ2) is 9.25. The Bertz CT molecular complexity index is 1250. The number of hydrogen-bond donors (Lipinski definition) is 1. The number of nitrogens with zero attached hydrogens (tertiary/aromatic N) is 2. The molecule has 9 heteroatoms. The zero-order valence-electron chi connectivity index (χ0n) is 18.0. The van der Waals surface area contributed by atoms with E-state index in [-0.39, 0.29) is 24.2 Å². The molecule has 3 aromatic rings. The van der Waals surface area contributed by atoms with Crippen LogP contribution >= 0.6 is 12.2 Å². The van der Waals surface area contributed by atoms with Crippen LogP contribution in [0.25, 0.3) is 6.08 Å². The Morgan fingerprint density at radius 2 is 1.97 bits per heavy atom. The molecule has 0 bridgehead atoms. The van der Waals surface area contributed by atoms with Crippen molar-refractivity contribution in [2.75, 3.05) is 0 Å². The highest BCUT2D eigenvalue weighted by Crippen LogP contribution is 2.27. The summed E-state index contributed by atoms with van der Waals surface area (Å²) in [6, 6.07) is 17.5. The molecule has 1 saturated heterocycles. The number of rotatable bonds is 7. The van der Waals surface area contributed by atoms with E-state index in [1.165, 1.54) is 6.07 Å². The highest BCUT2D eigenvalue weighted by Gasteiger charge is 2.35. The Morgan fingerprint density at radius 3 is 2.67 bits per heavy atom. The molecular formula is C24H21N3O5S. The molecule has 2 heterocycles. The van der Waals surface area contributed by atoms with Gasteiger partial charge in [0.2, 0.25) is 0 Å². The van der Waals surface area contributed by atoms with Gasteiger partial charge in [0.05, 0.1) is 11.0 Å². The van der Waals surface area contributed by atoms with E-state index in [0.29, 0.717) is 33.6 Å². The van der Waals surface area contributed by atoms with Crippen molar-refractivity contribution in [1.82, 2.24) is 10.2 Å². The van der Waals surface area contributed by atoms with Crippen molar-refractivity contribution in [3.05, 3.63) is 99.1 Å². The lowest BCUT2D eigenvalue weighted by atomic mass is 10.1. The topological polar surface area (TPSA) is 97.8 Å². The van der Waals surface area contributed by atoms with Crippen LogP contribution in [0.15, 0.2) is 70.8 Å². The Balaban J connectivity index is 1.43. The van der Waals surface area contributed by atoms with E-state index in [9.17, 15) is 14.9 Å². The van der Waals surface area contributed by atoms with Crippen LogP contribution in [0, 0.1) is 17.0 Å². The maximum Gasteiger partial charge on any atom is 0.277 e. The zero-order chi connectivity index (χ0) is 23.5. The largest absolute Gasteiger partial charge is 0.486 e. The predicted molar refractivity (Wildman–Crippen MR) is 126 cm³/mol. The lowest BCUT2D eigenvalue weighted by Gasteiger charge is -2.23. The van der Waals surface area contributed by atoms with Gasteiger partial charge in [-0.3, -0.25) is 19.8 Å². The summed E-state index contributed by atoms with van der Waals surface area (Å²) in [5, 5.41) is 14.2. The minimum Gasteiger partial charge on any atom is -0.486 e. The Labute approximate surface area is 195 Å². The van der Waals surface area contributed by atoms with E-state index in [1.807, 2.05) is 37.3 Å². The summed E-state index contributed by atoms with van der Waals surface area (Å²) in [5.41, 5.74) is 1.86. The number of carbonyl (C=O) groups is 1. The monoisotopic (exact) mass is 463 g/mol. The number of nitro benzene ring substituents is 1. The van der Waals surface area contributed by atoms with E-state index in [2.05, 4.69) is 5.32 Å². The van der Waals surface area contributed by atoms with Crippen LogP contribution in [0.5, 0.6) is 5.75 Å². The van der Waals surface area contributed by atoms with Gasteiger partial charge in [0.1, 0.15) is 29.6 Å². The fourth-order valence-corrected chi connectivity index (χ4v) is 3.90. The second-order valence-electron chi connectivity index (χ2n) is 7.55. The minimum atomic E-state index is -0.433. The summed E-state index contributed by atoms with van der Waals surface area (Å²) < 4.78 is 11.4. The van der Waals surface area contributed by atoms with Crippen molar-refractivity contribution in [3.8, 4) is 5.75 Å². The number of thiocarbonyl (C=S) groups is 1. The van der Waals surface area contributed by atoms with Crippen molar-refractivity contribution < 1.29 is 18.9 Å². The molecule has 0 spiro atoms. The summed E-state index contributed by atoms with van der Waals surface area (Å²) in [6.45, 7) is 3.71. The first-order chi connectivity index (χ1) is 15.8. The summed E-state index contributed by atoms with van der Waals surface area (Å²) in [6.07, 6.45) is 1.60. The molecule has 0 aliphatic carbocycles. The van der Waals surface area contributed by atoms with Gasteiger partial charge in [-0.05, 0) is 55.9 Å². The van der Waals surface area contributed by atoms with Crippen LogP contribution < -0.4 is 10.1 Å². The van der Waals surface area contributed by atoms with Gasteiger partial charge in [0, 0.05) is 17.7 Å². The van der Waals surface area contributed by atoms with Crippen LogP contribution in [0.2, 0.25) is 0 Å². The fraction of sp³-hybridized carbons (Fsp3) is 0.167. The number of ether oxygens (including phenoxy) is 1. The molecule has 1 N–H and O–H groups in total. The van der Waals surface area contributed by atoms with Crippen molar-refractivity contribution in [1.29, 1.82) is 0 Å². The van der Waals surface area contributed by atoms with Crippen LogP contribution in [-0.4, -0.2) is 20.8 Å². The first-order valence-electron chi connectivity index (χ1n) is 10.2. The Morgan fingerprint density at radius 1 is 1.21 bits per heavy atom. The molecule has 1 atom stereocenters. The molecule has 0 saturated carbocycles. The van der Waals surface area contributed by atoms with E-state index < -0.39 is 4.92 Å². The van der Waals surface area contributed by atoms with Crippen molar-refractivity contribution in [2.24, 2.45) is 0 Å². The smallest absolute Gasteiger partial charge is 0.277 e. The fourth-order valence-electron chi connectivity index (χ4n) is 3.55. The highest BCUT2D eigenvalue weighted by atomic mass is 32.1. The summed E-state index contributed by atoms with van der Waals surface area (Å²) in [4.78, 5) is 25.0. The van der Waals surface area contributed by atoms with Gasteiger partial charge < -0.3 is 14.5 Å². The number of carbonyl (C=O) groups excluding carboxylic acids is 1. The van der Waals surface area contributed by atoms with Crippen LogP contribution in [0.3, 0.4) is 0 Å². The second-order valence-corrected chi connectivity index (χ2v) is 7.93. The summed E-state index contributed by atoms with van der Waals surface area (Å²) in [5.74, 6) is 1.28. The summed E-state index contributed by atoms with van der Waals surface area (Å²) >= 11 is 5.38. The van der Waals surface area contributed by atoms with Gasteiger partial charge in [-0.15, -0.1) is 0 Å².